The molecule has 0 saturated heterocycles. The van der Waals surface area contributed by atoms with E-state index in [0.717, 1.165) is 0 Å². The Morgan fingerprint density at radius 3 is 2.31 bits per heavy atom. The minimum atomic E-state index is -0.805. The number of carbonyl (C=O) groups is 1. The maximum Gasteiger partial charge on any atom is 0.254 e. The molecule has 0 aromatic carbocycles. The molecular weight excluding hydrogens is 224 g/mol. The van der Waals surface area contributed by atoms with Gasteiger partial charge in [-0.1, -0.05) is 12.2 Å². The van der Waals surface area contributed by atoms with Crippen LogP contribution in [0.4, 0.5) is 0 Å². The second-order valence-corrected chi connectivity index (χ2v) is 5.05. The zero-order chi connectivity index (χ0) is 12.9. The number of thiocarbonyl (C=S) groups is 1. The van der Waals surface area contributed by atoms with Gasteiger partial charge in [-0.3, -0.25) is 4.79 Å². The summed E-state index contributed by atoms with van der Waals surface area (Å²) in [6, 6.07) is 0.108. The Morgan fingerprint density at radius 1 is 1.50 bits per heavy atom. The van der Waals surface area contributed by atoms with Crippen molar-refractivity contribution >= 4 is 23.1 Å². The normalized spacial score (nSPS) is 11.6. The quantitative estimate of drug-likeness (QED) is 0.718. The van der Waals surface area contributed by atoms with Crippen molar-refractivity contribution in [3.8, 4) is 0 Å². The third kappa shape index (κ3) is 4.45. The largest absolute Gasteiger partial charge is 0.393 e. The molecule has 16 heavy (non-hydrogen) atoms. The Kier molecular flexibility index (Phi) is 5.89. The first-order chi connectivity index (χ1) is 7.22. The molecule has 0 radical (unpaired) electrons. The molecular formula is C11H22N2O2S. The predicted molar refractivity (Wildman–Crippen MR) is 69.3 cm³/mol. The van der Waals surface area contributed by atoms with Crippen molar-refractivity contribution in [3.05, 3.63) is 0 Å². The van der Waals surface area contributed by atoms with E-state index in [9.17, 15) is 4.79 Å². The lowest BCUT2D eigenvalue weighted by atomic mass is 10.1. The molecule has 5 heteroatoms. The highest BCUT2D eigenvalue weighted by Crippen LogP contribution is 2.15. The van der Waals surface area contributed by atoms with Crippen LogP contribution in [0.3, 0.4) is 0 Å². The highest BCUT2D eigenvalue weighted by atomic mass is 32.1. The molecule has 0 fully saturated rings. The number of methoxy groups -OCH3 is 1. The first-order valence-electron chi connectivity index (χ1n) is 5.37. The fourth-order valence-corrected chi connectivity index (χ4v) is 1.35. The number of nitrogens with zero attached hydrogens (tertiary/aromatic N) is 1. The molecule has 0 aromatic heterocycles. The van der Waals surface area contributed by atoms with Crippen molar-refractivity contribution in [3.63, 3.8) is 0 Å². The first-order valence-corrected chi connectivity index (χ1v) is 5.77. The van der Waals surface area contributed by atoms with E-state index in [4.69, 9.17) is 22.7 Å². The SMILES string of the molecule is COC(C)(C)C(=O)N(CCC(N)=S)C(C)C. The van der Waals surface area contributed by atoms with Crippen molar-refractivity contribution in [2.24, 2.45) is 5.73 Å². The first kappa shape index (κ1) is 15.3. The van der Waals surface area contributed by atoms with Gasteiger partial charge in [-0.05, 0) is 27.7 Å². The maximum absolute atomic E-state index is 12.2. The number of hydrogen-bond acceptors (Lipinski definition) is 3. The average molecular weight is 246 g/mol. The summed E-state index contributed by atoms with van der Waals surface area (Å²) >= 11 is 4.82. The van der Waals surface area contributed by atoms with Gasteiger partial charge in [-0.2, -0.15) is 0 Å². The number of hydrogen-bond donors (Lipinski definition) is 1. The van der Waals surface area contributed by atoms with E-state index in [1.165, 1.54) is 7.11 Å². The Labute approximate surface area is 103 Å². The molecule has 1 amide bonds. The third-order valence-corrected chi connectivity index (χ3v) is 2.71. The van der Waals surface area contributed by atoms with E-state index in [0.29, 0.717) is 18.0 Å². The molecule has 0 unspecified atom stereocenters. The van der Waals surface area contributed by atoms with Crippen LogP contribution in [-0.4, -0.2) is 41.1 Å². The van der Waals surface area contributed by atoms with Gasteiger partial charge in [0.15, 0.2) is 0 Å². The molecule has 94 valence electrons. The molecule has 0 aliphatic rings. The summed E-state index contributed by atoms with van der Waals surface area (Å²) in [6.45, 7) is 7.97. The fourth-order valence-electron chi connectivity index (χ4n) is 1.26. The number of ether oxygens (including phenoxy) is 1. The number of carbonyl (C=O) groups excluding carboxylic acids is 1. The maximum atomic E-state index is 12.2. The summed E-state index contributed by atoms with van der Waals surface area (Å²) in [5.74, 6) is -0.0405. The Bertz CT molecular complexity index is 265. The molecule has 0 spiro atoms. The predicted octanol–water partition coefficient (Wildman–Crippen LogP) is 1.32. The lowest BCUT2D eigenvalue weighted by molar-refractivity contribution is -0.152. The van der Waals surface area contributed by atoms with Crippen molar-refractivity contribution in [1.29, 1.82) is 0 Å². The summed E-state index contributed by atoms with van der Waals surface area (Å²) < 4.78 is 5.18. The Balaban J connectivity index is 4.66. The van der Waals surface area contributed by atoms with Crippen molar-refractivity contribution in [1.82, 2.24) is 4.90 Å². The van der Waals surface area contributed by atoms with E-state index in [1.807, 2.05) is 13.8 Å². The highest BCUT2D eigenvalue weighted by Gasteiger charge is 2.32. The van der Waals surface area contributed by atoms with E-state index in [-0.39, 0.29) is 11.9 Å². The van der Waals surface area contributed by atoms with E-state index in [1.54, 1.807) is 18.7 Å². The summed E-state index contributed by atoms with van der Waals surface area (Å²) in [5.41, 5.74) is 4.64. The van der Waals surface area contributed by atoms with Gasteiger partial charge in [0.05, 0.1) is 4.99 Å². The Hall–Kier alpha value is -0.680. The highest BCUT2D eigenvalue weighted by molar-refractivity contribution is 7.80. The third-order valence-electron chi connectivity index (χ3n) is 2.51. The molecule has 0 bridgehead atoms. The smallest absolute Gasteiger partial charge is 0.254 e. The summed E-state index contributed by atoms with van der Waals surface area (Å²) in [5, 5.41) is 0. The van der Waals surface area contributed by atoms with Gasteiger partial charge in [0.1, 0.15) is 5.60 Å². The number of rotatable bonds is 6. The zero-order valence-electron chi connectivity index (χ0n) is 10.7. The van der Waals surface area contributed by atoms with E-state index < -0.39 is 5.60 Å². The van der Waals surface area contributed by atoms with E-state index in [2.05, 4.69) is 0 Å². The number of amides is 1. The van der Waals surface area contributed by atoms with Crippen LogP contribution in [0, 0.1) is 0 Å². The molecule has 0 aromatic rings. The molecule has 0 saturated carbocycles. The van der Waals surface area contributed by atoms with Crippen molar-refractivity contribution in [2.75, 3.05) is 13.7 Å². The minimum absolute atomic E-state index is 0.0405. The second-order valence-electron chi connectivity index (χ2n) is 4.52. The molecule has 0 atom stereocenters. The molecule has 2 N–H and O–H groups in total. The molecule has 0 heterocycles. The molecule has 4 nitrogen and oxygen atoms in total. The number of nitrogens with two attached hydrogens (primary N) is 1. The van der Waals surface area contributed by atoms with Crippen LogP contribution in [0.5, 0.6) is 0 Å². The zero-order valence-corrected chi connectivity index (χ0v) is 11.6. The molecule has 0 rings (SSSR count). The summed E-state index contributed by atoms with van der Waals surface area (Å²) in [7, 11) is 1.53. The van der Waals surface area contributed by atoms with Gasteiger partial charge in [-0.25, -0.2) is 0 Å². The van der Waals surface area contributed by atoms with Crippen molar-refractivity contribution in [2.45, 2.75) is 45.8 Å². The van der Waals surface area contributed by atoms with Crippen LogP contribution in [-0.2, 0) is 9.53 Å². The van der Waals surface area contributed by atoms with Gasteiger partial charge >= 0.3 is 0 Å². The van der Waals surface area contributed by atoms with Crippen LogP contribution < -0.4 is 5.73 Å². The van der Waals surface area contributed by atoms with Crippen LogP contribution in [0.25, 0.3) is 0 Å². The van der Waals surface area contributed by atoms with Gasteiger partial charge in [0.2, 0.25) is 0 Å². The van der Waals surface area contributed by atoms with Gasteiger partial charge < -0.3 is 15.4 Å². The Morgan fingerprint density at radius 2 is 2.00 bits per heavy atom. The van der Waals surface area contributed by atoms with Crippen molar-refractivity contribution < 1.29 is 9.53 Å². The second kappa shape index (κ2) is 6.15. The summed E-state index contributed by atoms with van der Waals surface area (Å²) in [6.07, 6.45) is 0.541. The molecule has 0 aliphatic heterocycles. The topological polar surface area (TPSA) is 55.6 Å². The molecule has 0 aliphatic carbocycles. The lowest BCUT2D eigenvalue weighted by Crippen LogP contribution is -2.50. The minimum Gasteiger partial charge on any atom is -0.393 e. The van der Waals surface area contributed by atoms with Crippen LogP contribution in [0.1, 0.15) is 34.1 Å². The monoisotopic (exact) mass is 246 g/mol. The van der Waals surface area contributed by atoms with Crippen LogP contribution in [0.15, 0.2) is 0 Å². The van der Waals surface area contributed by atoms with Crippen LogP contribution >= 0.6 is 12.2 Å². The summed E-state index contributed by atoms with van der Waals surface area (Å²) in [4.78, 5) is 14.3. The lowest BCUT2D eigenvalue weighted by Gasteiger charge is -2.33. The van der Waals surface area contributed by atoms with Gasteiger partial charge in [0, 0.05) is 26.1 Å². The standard InChI is InChI=1S/C11H22N2O2S/c1-8(2)13(7-6-9(12)16)10(14)11(3,4)15-5/h8H,6-7H2,1-5H3,(H2,12,16). The van der Waals surface area contributed by atoms with Crippen LogP contribution in [0.2, 0.25) is 0 Å². The fraction of sp³-hybridized carbons (Fsp3) is 0.818. The average Bonchev–Trinajstić information content (AvgIpc) is 2.16. The van der Waals surface area contributed by atoms with Gasteiger partial charge in [0.25, 0.3) is 5.91 Å². The van der Waals surface area contributed by atoms with Gasteiger partial charge in [-0.15, -0.1) is 0 Å². The van der Waals surface area contributed by atoms with E-state index >= 15 is 0 Å².